The number of ether oxygens (including phenoxy) is 3. The van der Waals surface area contributed by atoms with Gasteiger partial charge in [0.2, 0.25) is 0 Å². The molecule has 2 N–H and O–H groups in total. The lowest BCUT2D eigenvalue weighted by atomic mass is 10.1. The molecule has 0 unspecified atom stereocenters. The molecule has 37 heavy (non-hydrogen) atoms. The van der Waals surface area contributed by atoms with Crippen LogP contribution in [0.1, 0.15) is 25.0 Å². The highest BCUT2D eigenvalue weighted by atomic mass is 16.5. The van der Waals surface area contributed by atoms with Crippen LogP contribution in [0, 0.1) is 22.7 Å². The van der Waals surface area contributed by atoms with Gasteiger partial charge in [0.15, 0.2) is 0 Å². The smallest absolute Gasteiger partial charge is 0.348 e. The molecule has 0 bridgehead atoms. The Morgan fingerprint density at radius 3 is 1.43 bits per heavy atom. The minimum atomic E-state index is -0.631. The van der Waals surface area contributed by atoms with Crippen LogP contribution in [0.3, 0.4) is 0 Å². The number of carbonyl (C=O) groups is 2. The first-order valence-electron chi connectivity index (χ1n) is 11.8. The van der Waals surface area contributed by atoms with E-state index >= 15 is 0 Å². The first-order chi connectivity index (χ1) is 18.0. The van der Waals surface area contributed by atoms with E-state index in [0.29, 0.717) is 26.3 Å². The minimum absolute atomic E-state index is 0.0421. The lowest BCUT2D eigenvalue weighted by Gasteiger charge is -2.09. The number of carbonyl (C=O) groups excluding carboxylic acids is 2. The topological polar surface area (TPSA) is 133 Å². The summed E-state index contributed by atoms with van der Waals surface area (Å²) in [6.45, 7) is 6.07. The van der Waals surface area contributed by atoms with Crippen molar-refractivity contribution in [2.24, 2.45) is 0 Å². The van der Waals surface area contributed by atoms with Crippen LogP contribution in [0.2, 0.25) is 0 Å². The Labute approximate surface area is 216 Å². The van der Waals surface area contributed by atoms with Gasteiger partial charge in [-0.1, -0.05) is 24.3 Å². The highest BCUT2D eigenvalue weighted by Crippen LogP contribution is 2.14. The van der Waals surface area contributed by atoms with E-state index in [2.05, 4.69) is 10.6 Å². The molecule has 0 fully saturated rings. The number of anilines is 2. The average molecular weight is 503 g/mol. The maximum atomic E-state index is 11.7. The molecule has 0 atom stereocenters. The summed E-state index contributed by atoms with van der Waals surface area (Å²) in [5.41, 5.74) is 3.16. The van der Waals surface area contributed by atoms with Gasteiger partial charge in [-0.2, -0.15) is 10.5 Å². The number of hydrogen-bond acceptors (Lipinski definition) is 9. The average Bonchev–Trinajstić information content (AvgIpc) is 2.91. The van der Waals surface area contributed by atoms with Gasteiger partial charge >= 0.3 is 11.9 Å². The van der Waals surface area contributed by atoms with Crippen LogP contribution < -0.4 is 10.6 Å². The molecule has 0 amide bonds. The third-order valence-corrected chi connectivity index (χ3v) is 4.83. The van der Waals surface area contributed by atoms with Gasteiger partial charge in [0.25, 0.3) is 0 Å². The molecule has 0 aliphatic carbocycles. The van der Waals surface area contributed by atoms with E-state index < -0.39 is 11.9 Å². The molecular weight excluding hydrogens is 472 g/mol. The molecular formula is C28H30N4O5. The maximum absolute atomic E-state index is 11.7. The number of esters is 2. The number of benzene rings is 2. The van der Waals surface area contributed by atoms with Gasteiger partial charge in [0.1, 0.15) is 23.3 Å². The van der Waals surface area contributed by atoms with Crippen molar-refractivity contribution in [3.63, 3.8) is 0 Å². The van der Waals surface area contributed by atoms with E-state index in [-0.39, 0.29) is 24.4 Å². The van der Waals surface area contributed by atoms with Crippen LogP contribution in [0.4, 0.5) is 11.4 Å². The molecule has 0 saturated carbocycles. The first kappa shape index (κ1) is 28.6. The van der Waals surface area contributed by atoms with Gasteiger partial charge in [-0.25, -0.2) is 9.59 Å². The minimum Gasteiger partial charge on any atom is -0.462 e. The Kier molecular flexibility index (Phi) is 12.5. The number of nitriles is 2. The lowest BCUT2D eigenvalue weighted by molar-refractivity contribution is -0.138. The van der Waals surface area contributed by atoms with E-state index in [0.717, 1.165) is 22.5 Å². The zero-order valence-corrected chi connectivity index (χ0v) is 21.0. The molecule has 9 nitrogen and oxygen atoms in total. The Hall–Kier alpha value is -4.60. The Balaban J connectivity index is 1.68. The first-order valence-corrected chi connectivity index (χ1v) is 11.8. The van der Waals surface area contributed by atoms with Crippen molar-refractivity contribution in [2.75, 3.05) is 50.2 Å². The molecule has 0 radical (unpaired) electrons. The fraction of sp³-hybridized carbons (Fsp3) is 0.286. The molecule has 192 valence electrons. The molecule has 2 aromatic carbocycles. The normalized spacial score (nSPS) is 11.1. The van der Waals surface area contributed by atoms with Crippen molar-refractivity contribution in [1.82, 2.24) is 0 Å². The second-order valence-corrected chi connectivity index (χ2v) is 7.49. The van der Waals surface area contributed by atoms with Gasteiger partial charge < -0.3 is 24.8 Å². The van der Waals surface area contributed by atoms with Crippen molar-refractivity contribution in [3.05, 3.63) is 70.8 Å². The van der Waals surface area contributed by atoms with Crippen molar-refractivity contribution in [1.29, 1.82) is 10.5 Å². The summed E-state index contributed by atoms with van der Waals surface area (Å²) in [6, 6.07) is 18.4. The van der Waals surface area contributed by atoms with E-state index in [1.807, 2.05) is 60.7 Å². The van der Waals surface area contributed by atoms with Crippen LogP contribution in [0.25, 0.3) is 12.2 Å². The van der Waals surface area contributed by atoms with Crippen LogP contribution >= 0.6 is 0 Å². The van der Waals surface area contributed by atoms with Crippen molar-refractivity contribution in [2.45, 2.75) is 13.8 Å². The Morgan fingerprint density at radius 2 is 1.11 bits per heavy atom. The summed E-state index contributed by atoms with van der Waals surface area (Å²) in [5.74, 6) is -1.26. The van der Waals surface area contributed by atoms with Gasteiger partial charge in [-0.3, -0.25) is 0 Å². The molecule has 2 aromatic rings. The highest BCUT2D eigenvalue weighted by molar-refractivity contribution is 5.98. The van der Waals surface area contributed by atoms with Crippen LogP contribution in [0.15, 0.2) is 59.7 Å². The van der Waals surface area contributed by atoms with Crippen LogP contribution in [-0.2, 0) is 23.8 Å². The zero-order valence-electron chi connectivity index (χ0n) is 21.0. The number of nitrogens with one attached hydrogen (secondary N) is 2. The van der Waals surface area contributed by atoms with Gasteiger partial charge in [-0.15, -0.1) is 0 Å². The van der Waals surface area contributed by atoms with Gasteiger partial charge in [0.05, 0.1) is 26.4 Å². The molecule has 0 spiro atoms. The fourth-order valence-corrected chi connectivity index (χ4v) is 3.06. The second kappa shape index (κ2) is 16.1. The lowest BCUT2D eigenvalue weighted by Crippen LogP contribution is -2.14. The van der Waals surface area contributed by atoms with Gasteiger partial charge in [-0.05, 0) is 61.4 Å². The maximum Gasteiger partial charge on any atom is 0.348 e. The molecule has 0 aliphatic rings. The summed E-state index contributed by atoms with van der Waals surface area (Å²) in [5, 5.41) is 24.7. The van der Waals surface area contributed by atoms with E-state index in [1.165, 1.54) is 12.2 Å². The van der Waals surface area contributed by atoms with E-state index in [9.17, 15) is 9.59 Å². The third kappa shape index (κ3) is 10.3. The third-order valence-electron chi connectivity index (χ3n) is 4.83. The molecule has 0 aliphatic heterocycles. The monoisotopic (exact) mass is 502 g/mol. The number of hydrogen-bond donors (Lipinski definition) is 2. The molecule has 2 rings (SSSR count). The number of rotatable bonds is 14. The van der Waals surface area contributed by atoms with Gasteiger partial charge in [0, 0.05) is 24.5 Å². The Bertz CT molecular complexity index is 1080. The van der Waals surface area contributed by atoms with Crippen LogP contribution in [-0.4, -0.2) is 51.5 Å². The summed E-state index contributed by atoms with van der Waals surface area (Å²) < 4.78 is 15.4. The van der Waals surface area contributed by atoms with Crippen molar-refractivity contribution in [3.8, 4) is 12.1 Å². The SMILES string of the molecule is CCOC(=O)/C(C#N)=C/c1ccc(NCCOCCNc2ccc(/C=C(\C#N)C(=O)OCC)cc2)cc1. The standard InChI is InChI=1S/C28H30N4O5/c1-3-36-27(33)23(19-29)17-21-5-9-25(10-6-21)31-13-15-35-16-14-32-26-11-7-22(8-12-26)18-24(20-30)28(34)37-4-2/h5-12,17-18,31-32H,3-4,13-16H2,1-2H3/b23-17+,24-18+. The Morgan fingerprint density at radius 1 is 0.730 bits per heavy atom. The largest absolute Gasteiger partial charge is 0.462 e. The molecule has 9 heteroatoms. The van der Waals surface area contributed by atoms with Crippen molar-refractivity contribution < 1.29 is 23.8 Å². The molecule has 0 saturated heterocycles. The van der Waals surface area contributed by atoms with E-state index in [1.54, 1.807) is 13.8 Å². The number of nitrogens with zero attached hydrogens (tertiary/aromatic N) is 2. The van der Waals surface area contributed by atoms with Crippen LogP contribution in [0.5, 0.6) is 0 Å². The summed E-state index contributed by atoms with van der Waals surface area (Å²) in [6.07, 6.45) is 2.99. The quantitative estimate of drug-likeness (QED) is 0.169. The predicted octanol–water partition coefficient (Wildman–Crippen LogP) is 4.17. The van der Waals surface area contributed by atoms with Crippen molar-refractivity contribution >= 4 is 35.5 Å². The molecule has 0 heterocycles. The fourth-order valence-electron chi connectivity index (χ4n) is 3.06. The second-order valence-electron chi connectivity index (χ2n) is 7.49. The van der Waals surface area contributed by atoms with E-state index in [4.69, 9.17) is 24.7 Å². The zero-order chi connectivity index (χ0) is 26.9. The summed E-state index contributed by atoms with van der Waals surface area (Å²) >= 11 is 0. The summed E-state index contributed by atoms with van der Waals surface area (Å²) in [4.78, 5) is 23.4. The molecule has 0 aromatic heterocycles. The highest BCUT2D eigenvalue weighted by Gasteiger charge is 2.10. The summed E-state index contributed by atoms with van der Waals surface area (Å²) in [7, 11) is 0. The predicted molar refractivity (Wildman–Crippen MR) is 141 cm³/mol.